The fourth-order valence-corrected chi connectivity index (χ4v) is 3.76. The van der Waals surface area contributed by atoms with E-state index in [9.17, 15) is 4.79 Å². The summed E-state index contributed by atoms with van der Waals surface area (Å²) >= 11 is 0. The van der Waals surface area contributed by atoms with Crippen LogP contribution >= 0.6 is 0 Å². The molecule has 2 aromatic rings. The molecule has 0 bridgehead atoms. The van der Waals surface area contributed by atoms with Gasteiger partial charge in [-0.05, 0) is 72.7 Å². The molecule has 0 fully saturated rings. The Kier molecular flexibility index (Phi) is 5.05. The van der Waals surface area contributed by atoms with E-state index in [2.05, 4.69) is 10.3 Å². The van der Waals surface area contributed by atoms with Crippen molar-refractivity contribution in [1.82, 2.24) is 0 Å². The topological polar surface area (TPSA) is 50.7 Å². The zero-order chi connectivity index (χ0) is 18.6. The number of ether oxygens (including phenoxy) is 1. The molecule has 138 valence electrons. The van der Waals surface area contributed by atoms with Crippen LogP contribution in [0.2, 0.25) is 0 Å². The van der Waals surface area contributed by atoms with Crippen LogP contribution in [0, 0.1) is 0 Å². The number of nitrogens with one attached hydrogen (secondary N) is 1. The highest BCUT2D eigenvalue weighted by molar-refractivity contribution is 6.10. The molecule has 0 aromatic heterocycles. The van der Waals surface area contributed by atoms with Crippen LogP contribution in [0.3, 0.4) is 0 Å². The fraction of sp³-hybridized carbons (Fsp3) is 0.304. The number of carbonyl (C=O) groups is 1. The molecule has 1 aliphatic carbocycles. The summed E-state index contributed by atoms with van der Waals surface area (Å²) < 4.78 is 5.51. The first-order valence-electron chi connectivity index (χ1n) is 9.57. The van der Waals surface area contributed by atoms with Gasteiger partial charge in [0, 0.05) is 5.69 Å². The average molecular weight is 360 g/mol. The van der Waals surface area contributed by atoms with Crippen LogP contribution in [-0.4, -0.2) is 25.3 Å². The molecule has 0 radical (unpaired) electrons. The predicted octanol–water partition coefficient (Wildman–Crippen LogP) is 4.58. The van der Waals surface area contributed by atoms with Gasteiger partial charge in [-0.1, -0.05) is 24.6 Å². The summed E-state index contributed by atoms with van der Waals surface area (Å²) in [6, 6.07) is 11.9. The number of hydrogen-bond acceptors (Lipinski definition) is 3. The normalized spacial score (nSPS) is 15.7. The number of methoxy groups -OCH3 is 1. The molecule has 0 saturated carbocycles. The van der Waals surface area contributed by atoms with Gasteiger partial charge in [0.05, 0.1) is 24.9 Å². The maximum absolute atomic E-state index is 12.9. The van der Waals surface area contributed by atoms with E-state index in [0.29, 0.717) is 11.3 Å². The Morgan fingerprint density at radius 1 is 1.04 bits per heavy atom. The molecule has 1 heterocycles. The summed E-state index contributed by atoms with van der Waals surface area (Å²) in [5, 5.41) is 3.00. The monoisotopic (exact) mass is 360 g/mol. The fourth-order valence-electron chi connectivity index (χ4n) is 3.76. The number of aliphatic imine (C=N–C) groups is 1. The smallest absolute Gasteiger partial charge is 0.259 e. The summed E-state index contributed by atoms with van der Waals surface area (Å²) in [4.78, 5) is 17.3. The SMILES string of the molecule is COc1cc2c(cc1C(=O)Nc1ccc(C3=NCC=C3)cc1)CCCCC2. The first-order valence-corrected chi connectivity index (χ1v) is 9.57. The van der Waals surface area contributed by atoms with Crippen molar-refractivity contribution in [3.8, 4) is 5.75 Å². The molecule has 0 atom stereocenters. The summed E-state index contributed by atoms with van der Waals surface area (Å²) in [6.07, 6.45) is 9.78. The number of aryl methyl sites for hydroxylation is 2. The molecule has 1 N–H and O–H groups in total. The number of allylic oxidation sites excluding steroid dienone is 1. The molecule has 1 amide bonds. The quantitative estimate of drug-likeness (QED) is 0.812. The van der Waals surface area contributed by atoms with E-state index in [-0.39, 0.29) is 5.91 Å². The van der Waals surface area contributed by atoms with Crippen molar-refractivity contribution >= 4 is 17.3 Å². The minimum Gasteiger partial charge on any atom is -0.496 e. The zero-order valence-corrected chi connectivity index (χ0v) is 15.6. The number of rotatable bonds is 4. The Bertz CT molecular complexity index is 911. The van der Waals surface area contributed by atoms with Crippen molar-refractivity contribution in [1.29, 1.82) is 0 Å². The molecular weight excluding hydrogens is 336 g/mol. The standard InChI is InChI=1S/C23H24N2O2/c1-27-22-15-18-7-4-2-3-6-17(18)14-20(22)23(26)25-19-11-9-16(10-12-19)21-8-5-13-24-21/h5,8-12,14-15H,2-4,6-7,13H2,1H3,(H,25,26). The van der Waals surface area contributed by atoms with E-state index in [1.54, 1.807) is 7.11 Å². The van der Waals surface area contributed by atoms with E-state index in [4.69, 9.17) is 4.74 Å². The number of fused-ring (bicyclic) bond motifs is 1. The minimum atomic E-state index is -0.134. The predicted molar refractivity (Wildman–Crippen MR) is 109 cm³/mol. The van der Waals surface area contributed by atoms with Crippen LogP contribution in [0.25, 0.3) is 0 Å². The van der Waals surface area contributed by atoms with Gasteiger partial charge in [-0.25, -0.2) is 0 Å². The second kappa shape index (κ2) is 7.78. The van der Waals surface area contributed by atoms with Crippen molar-refractivity contribution in [2.75, 3.05) is 19.0 Å². The third kappa shape index (κ3) is 3.80. The number of hydrogen-bond donors (Lipinski definition) is 1. The molecule has 4 heteroatoms. The Morgan fingerprint density at radius 2 is 1.78 bits per heavy atom. The lowest BCUT2D eigenvalue weighted by Crippen LogP contribution is -2.14. The molecule has 1 aliphatic heterocycles. The molecule has 2 aliphatic rings. The Morgan fingerprint density at radius 3 is 2.44 bits per heavy atom. The van der Waals surface area contributed by atoms with Crippen molar-refractivity contribution in [3.63, 3.8) is 0 Å². The maximum atomic E-state index is 12.9. The highest BCUT2D eigenvalue weighted by atomic mass is 16.5. The van der Waals surface area contributed by atoms with Gasteiger partial charge >= 0.3 is 0 Å². The Hall–Kier alpha value is -2.88. The van der Waals surface area contributed by atoms with E-state index in [0.717, 1.165) is 36.3 Å². The van der Waals surface area contributed by atoms with E-state index in [1.807, 2.05) is 48.6 Å². The zero-order valence-electron chi connectivity index (χ0n) is 15.6. The van der Waals surface area contributed by atoms with Gasteiger partial charge < -0.3 is 10.1 Å². The summed E-state index contributed by atoms with van der Waals surface area (Å²) in [5.41, 5.74) is 6.01. The number of nitrogens with zero attached hydrogens (tertiary/aromatic N) is 1. The molecule has 27 heavy (non-hydrogen) atoms. The first kappa shape index (κ1) is 17.5. The molecule has 0 spiro atoms. The lowest BCUT2D eigenvalue weighted by atomic mass is 9.98. The molecule has 0 unspecified atom stereocenters. The Labute approximate surface area is 160 Å². The van der Waals surface area contributed by atoms with Gasteiger partial charge in [0.15, 0.2) is 0 Å². The molecule has 2 aromatic carbocycles. The number of carbonyl (C=O) groups excluding carboxylic acids is 1. The summed E-state index contributed by atoms with van der Waals surface area (Å²) in [6.45, 7) is 0.742. The molecule has 4 nitrogen and oxygen atoms in total. The van der Waals surface area contributed by atoms with Gasteiger partial charge in [0.1, 0.15) is 5.75 Å². The second-order valence-electron chi connectivity index (χ2n) is 7.04. The Balaban J connectivity index is 1.55. The van der Waals surface area contributed by atoms with E-state index >= 15 is 0 Å². The second-order valence-corrected chi connectivity index (χ2v) is 7.04. The highest BCUT2D eigenvalue weighted by Gasteiger charge is 2.18. The number of anilines is 1. The van der Waals surface area contributed by atoms with Crippen LogP contribution in [-0.2, 0) is 12.8 Å². The molecular formula is C23H24N2O2. The van der Waals surface area contributed by atoms with Gasteiger partial charge in [0.25, 0.3) is 5.91 Å². The van der Waals surface area contributed by atoms with Crippen molar-refractivity contribution in [3.05, 3.63) is 70.8 Å². The first-order chi connectivity index (χ1) is 13.2. The van der Waals surface area contributed by atoms with Crippen LogP contribution < -0.4 is 10.1 Å². The minimum absolute atomic E-state index is 0.134. The van der Waals surface area contributed by atoms with Crippen molar-refractivity contribution in [2.45, 2.75) is 32.1 Å². The highest BCUT2D eigenvalue weighted by Crippen LogP contribution is 2.29. The third-order valence-corrected chi connectivity index (χ3v) is 5.24. The van der Waals surface area contributed by atoms with E-state index in [1.165, 1.54) is 30.4 Å². The van der Waals surface area contributed by atoms with E-state index < -0.39 is 0 Å². The van der Waals surface area contributed by atoms with Gasteiger partial charge in [-0.15, -0.1) is 0 Å². The van der Waals surface area contributed by atoms with Gasteiger partial charge in [-0.2, -0.15) is 0 Å². The van der Waals surface area contributed by atoms with Crippen LogP contribution in [0.4, 0.5) is 5.69 Å². The van der Waals surface area contributed by atoms with Gasteiger partial charge in [-0.3, -0.25) is 9.79 Å². The maximum Gasteiger partial charge on any atom is 0.259 e. The lowest BCUT2D eigenvalue weighted by Gasteiger charge is -2.14. The van der Waals surface area contributed by atoms with Crippen molar-refractivity contribution in [2.24, 2.45) is 4.99 Å². The largest absolute Gasteiger partial charge is 0.496 e. The number of benzene rings is 2. The van der Waals surface area contributed by atoms with Crippen LogP contribution in [0.15, 0.2) is 53.5 Å². The number of amides is 1. The average Bonchev–Trinajstić information content (AvgIpc) is 3.13. The van der Waals surface area contributed by atoms with Crippen LogP contribution in [0.5, 0.6) is 5.75 Å². The molecule has 4 rings (SSSR count). The summed E-state index contributed by atoms with van der Waals surface area (Å²) in [7, 11) is 1.62. The lowest BCUT2D eigenvalue weighted by molar-refractivity contribution is 0.102. The van der Waals surface area contributed by atoms with Crippen LogP contribution in [0.1, 0.15) is 46.3 Å². The molecule has 0 saturated heterocycles. The third-order valence-electron chi connectivity index (χ3n) is 5.24. The van der Waals surface area contributed by atoms with Gasteiger partial charge in [0.2, 0.25) is 0 Å². The van der Waals surface area contributed by atoms with Crippen molar-refractivity contribution < 1.29 is 9.53 Å². The summed E-state index contributed by atoms with van der Waals surface area (Å²) in [5.74, 6) is 0.514.